The Hall–Kier alpha value is -4.52. The fourth-order valence-electron chi connectivity index (χ4n) is 3.67. The number of nitriles is 1. The number of nitrogens with zero attached hydrogens (tertiary/aromatic N) is 4. The monoisotopic (exact) mass is 476 g/mol. The van der Waals surface area contributed by atoms with Gasteiger partial charge in [0.1, 0.15) is 11.4 Å². The van der Waals surface area contributed by atoms with E-state index in [4.69, 9.17) is 0 Å². The molecule has 10 nitrogen and oxygen atoms in total. The second kappa shape index (κ2) is 10.2. The maximum Gasteiger partial charge on any atom is 0.290 e. The molecule has 1 atom stereocenters. The molecule has 1 heterocycles. The largest absolute Gasteiger partial charge is 0.505 e. The van der Waals surface area contributed by atoms with Gasteiger partial charge in [-0.1, -0.05) is 37.3 Å². The molecule has 0 bridgehead atoms. The Labute approximate surface area is 202 Å². The summed E-state index contributed by atoms with van der Waals surface area (Å²) in [7, 11) is 5.95. The van der Waals surface area contributed by atoms with Crippen LogP contribution in [-0.4, -0.2) is 39.4 Å². The lowest BCUT2D eigenvalue weighted by molar-refractivity contribution is 0.0824. The van der Waals surface area contributed by atoms with Crippen LogP contribution in [0.2, 0.25) is 0 Å². The summed E-state index contributed by atoms with van der Waals surface area (Å²) in [5.41, 5.74) is -0.243. The minimum atomic E-state index is -0.542. The first-order chi connectivity index (χ1) is 16.6. The molecule has 0 aliphatic carbocycles. The molecule has 0 saturated heterocycles. The average molecular weight is 477 g/mol. The number of carbonyl (C=O) groups is 1. The number of hydrogen-bond donors (Lipinski definition) is 3. The molecular weight excluding hydrogens is 448 g/mol. The Morgan fingerprint density at radius 2 is 1.69 bits per heavy atom. The molecule has 0 aliphatic rings. The Bertz CT molecular complexity index is 1420. The first-order valence-corrected chi connectivity index (χ1v) is 11.0. The van der Waals surface area contributed by atoms with E-state index in [0.29, 0.717) is 6.42 Å². The molecule has 0 unspecified atom stereocenters. The maximum atomic E-state index is 13.2. The highest BCUT2D eigenvalue weighted by atomic mass is 16.3. The third-order valence-corrected chi connectivity index (χ3v) is 5.78. The quantitative estimate of drug-likeness (QED) is 0.447. The Kier molecular flexibility index (Phi) is 7.30. The second-order valence-electron chi connectivity index (χ2n) is 8.28. The summed E-state index contributed by atoms with van der Waals surface area (Å²) in [5, 5.41) is 26.3. The van der Waals surface area contributed by atoms with Crippen molar-refractivity contribution in [3.05, 3.63) is 79.9 Å². The van der Waals surface area contributed by atoms with Gasteiger partial charge in [-0.3, -0.25) is 14.4 Å². The van der Waals surface area contributed by atoms with Gasteiger partial charge in [-0.15, -0.1) is 0 Å². The zero-order chi connectivity index (χ0) is 25.9. The zero-order valence-electron chi connectivity index (χ0n) is 20.3. The lowest BCUT2D eigenvalue weighted by atomic mass is 10.0. The third kappa shape index (κ3) is 4.89. The molecule has 182 valence electrons. The van der Waals surface area contributed by atoms with E-state index in [2.05, 4.69) is 10.6 Å². The van der Waals surface area contributed by atoms with Gasteiger partial charge < -0.3 is 20.6 Å². The van der Waals surface area contributed by atoms with Gasteiger partial charge in [0.05, 0.1) is 28.9 Å². The molecule has 3 rings (SSSR count). The van der Waals surface area contributed by atoms with Gasteiger partial charge in [0.2, 0.25) is 0 Å². The van der Waals surface area contributed by atoms with Crippen LogP contribution in [0.25, 0.3) is 0 Å². The number of phenols is 1. The molecule has 0 radical (unpaired) electrons. The molecule has 3 aromatic rings. The van der Waals surface area contributed by atoms with Crippen molar-refractivity contribution in [3.63, 3.8) is 0 Å². The van der Waals surface area contributed by atoms with Crippen LogP contribution in [0.1, 0.15) is 40.9 Å². The average Bonchev–Trinajstić information content (AvgIpc) is 2.86. The van der Waals surface area contributed by atoms with Gasteiger partial charge in [0.15, 0.2) is 5.75 Å². The maximum absolute atomic E-state index is 13.2. The molecule has 1 aromatic heterocycles. The van der Waals surface area contributed by atoms with Crippen molar-refractivity contribution in [2.75, 3.05) is 24.7 Å². The molecule has 0 fully saturated rings. The fraction of sp³-hybridized carbons (Fsp3) is 0.280. The molecule has 0 aliphatic heterocycles. The van der Waals surface area contributed by atoms with E-state index >= 15 is 0 Å². The number of amides is 1. The lowest BCUT2D eigenvalue weighted by Gasteiger charge is -2.23. The van der Waals surface area contributed by atoms with Gasteiger partial charge in [-0.05, 0) is 24.1 Å². The number of benzene rings is 2. The molecule has 0 saturated carbocycles. The van der Waals surface area contributed by atoms with Crippen LogP contribution in [0.3, 0.4) is 0 Å². The van der Waals surface area contributed by atoms with E-state index < -0.39 is 22.8 Å². The van der Waals surface area contributed by atoms with Crippen molar-refractivity contribution in [2.24, 2.45) is 14.1 Å². The Morgan fingerprint density at radius 1 is 1.09 bits per heavy atom. The first kappa shape index (κ1) is 25.1. The highest BCUT2D eigenvalue weighted by molar-refractivity contribution is 5.99. The molecule has 2 aromatic carbocycles. The summed E-state index contributed by atoms with van der Waals surface area (Å²) in [4.78, 5) is 40.3. The van der Waals surface area contributed by atoms with E-state index in [1.807, 2.05) is 43.3 Å². The van der Waals surface area contributed by atoms with Crippen LogP contribution in [0.15, 0.2) is 52.1 Å². The predicted octanol–water partition coefficient (Wildman–Crippen LogP) is 2.67. The summed E-state index contributed by atoms with van der Waals surface area (Å²) >= 11 is 0. The second-order valence-corrected chi connectivity index (χ2v) is 8.28. The summed E-state index contributed by atoms with van der Waals surface area (Å²) in [5.74, 6) is -0.959. The van der Waals surface area contributed by atoms with Crippen LogP contribution in [0, 0.1) is 11.3 Å². The van der Waals surface area contributed by atoms with Gasteiger partial charge in [0, 0.05) is 28.2 Å². The third-order valence-electron chi connectivity index (χ3n) is 5.78. The molecular formula is C25H28N6O4. The molecule has 0 spiro atoms. The number of aromatic nitrogens is 2. The first-order valence-electron chi connectivity index (χ1n) is 11.0. The van der Waals surface area contributed by atoms with Crippen LogP contribution in [0.4, 0.5) is 17.1 Å². The van der Waals surface area contributed by atoms with Gasteiger partial charge in [0.25, 0.3) is 17.0 Å². The van der Waals surface area contributed by atoms with Gasteiger partial charge in [-0.2, -0.15) is 5.26 Å². The number of anilines is 3. The van der Waals surface area contributed by atoms with Crippen molar-refractivity contribution in [2.45, 2.75) is 19.4 Å². The molecule has 35 heavy (non-hydrogen) atoms. The number of rotatable bonds is 7. The number of phenolic OH excluding ortho intramolecular Hbond substituents is 1. The highest BCUT2D eigenvalue weighted by Crippen LogP contribution is 2.34. The summed E-state index contributed by atoms with van der Waals surface area (Å²) in [6.07, 6.45) is 0.623. The van der Waals surface area contributed by atoms with Crippen molar-refractivity contribution >= 4 is 23.0 Å². The normalized spacial score (nSPS) is 11.4. The smallest absolute Gasteiger partial charge is 0.290 e. The van der Waals surface area contributed by atoms with Gasteiger partial charge in [-0.25, -0.2) is 9.36 Å². The number of nitrogens with one attached hydrogen (secondary N) is 2. The number of carbonyl (C=O) groups excluding carboxylic acids is 1. The minimum Gasteiger partial charge on any atom is -0.505 e. The number of aromatic hydroxyl groups is 1. The summed E-state index contributed by atoms with van der Waals surface area (Å²) in [6.45, 7) is 1.95. The van der Waals surface area contributed by atoms with Crippen LogP contribution >= 0.6 is 0 Å². The van der Waals surface area contributed by atoms with Crippen LogP contribution < -0.4 is 21.8 Å². The fourth-order valence-corrected chi connectivity index (χ4v) is 3.67. The van der Waals surface area contributed by atoms with Crippen molar-refractivity contribution in [1.29, 1.82) is 5.26 Å². The van der Waals surface area contributed by atoms with E-state index in [-0.39, 0.29) is 34.2 Å². The van der Waals surface area contributed by atoms with E-state index in [1.165, 1.54) is 49.9 Å². The van der Waals surface area contributed by atoms with E-state index in [1.54, 1.807) is 0 Å². The van der Waals surface area contributed by atoms with E-state index in [9.17, 15) is 24.8 Å². The topological polar surface area (TPSA) is 132 Å². The van der Waals surface area contributed by atoms with Crippen molar-refractivity contribution in [3.8, 4) is 11.8 Å². The lowest BCUT2D eigenvalue weighted by Crippen LogP contribution is -2.38. The van der Waals surface area contributed by atoms with Crippen molar-refractivity contribution < 1.29 is 9.90 Å². The zero-order valence-corrected chi connectivity index (χ0v) is 20.3. The predicted molar refractivity (Wildman–Crippen MR) is 134 cm³/mol. The summed E-state index contributed by atoms with van der Waals surface area (Å²) in [6, 6.07) is 13.8. The van der Waals surface area contributed by atoms with Gasteiger partial charge >= 0.3 is 0 Å². The van der Waals surface area contributed by atoms with E-state index in [0.717, 1.165) is 10.2 Å². The Balaban J connectivity index is 2.20. The highest BCUT2D eigenvalue weighted by Gasteiger charge is 2.23. The van der Waals surface area contributed by atoms with Crippen molar-refractivity contribution in [1.82, 2.24) is 14.3 Å². The summed E-state index contributed by atoms with van der Waals surface area (Å²) < 4.78 is 2.32. The molecule has 1 amide bonds. The molecule has 10 heteroatoms. The SMILES string of the molecule is CC[C@@H](Nc1c(Nc2cc(C#N)cc(C(=O)N(C)C)c2O)c(=O)n(C)n(C)c1=O)c1ccccc1. The standard InChI is InChI=1S/C25H28N6O4/c1-6-18(16-10-8-7-9-11-16)27-20-21(25(35)31(5)30(4)24(20)34)28-19-13-15(14-26)12-17(22(19)32)23(33)29(2)3/h7-13,18,27-28,32H,6H2,1-5H3/t18-/m1/s1. The molecule has 3 N–H and O–H groups in total. The van der Waals surface area contributed by atoms with Crippen LogP contribution in [0.5, 0.6) is 5.75 Å². The van der Waals surface area contributed by atoms with Crippen LogP contribution in [-0.2, 0) is 14.1 Å². The Morgan fingerprint density at radius 3 is 2.23 bits per heavy atom. The number of hydrogen-bond acceptors (Lipinski definition) is 7. The minimum absolute atomic E-state index is 0.00792.